The second kappa shape index (κ2) is 6.00. The molecule has 1 spiro atoms. The fraction of sp³-hybridized carbons (Fsp3) is 0.348. The van der Waals surface area contributed by atoms with Gasteiger partial charge in [0.05, 0.1) is 22.2 Å². The van der Waals surface area contributed by atoms with Crippen molar-refractivity contribution in [1.82, 2.24) is 25.1 Å². The van der Waals surface area contributed by atoms with E-state index in [1.165, 1.54) is 25.0 Å². The fourth-order valence-corrected chi connectivity index (χ4v) is 4.73. The van der Waals surface area contributed by atoms with E-state index in [1.54, 1.807) is 10.7 Å². The Bertz CT molecular complexity index is 1260. The van der Waals surface area contributed by atoms with Gasteiger partial charge in [0.2, 0.25) is 0 Å². The Morgan fingerprint density at radius 2 is 1.90 bits per heavy atom. The number of aromatic hydroxyl groups is 1. The lowest BCUT2D eigenvalue weighted by Crippen LogP contribution is -2.39. The summed E-state index contributed by atoms with van der Waals surface area (Å²) in [4.78, 5) is 9.72. The second-order valence-electron chi connectivity index (χ2n) is 8.60. The molecule has 29 heavy (non-hydrogen) atoms. The van der Waals surface area contributed by atoms with Crippen molar-refractivity contribution < 1.29 is 5.11 Å². The van der Waals surface area contributed by atoms with Gasteiger partial charge in [-0.2, -0.15) is 5.10 Å². The van der Waals surface area contributed by atoms with Crippen molar-refractivity contribution in [3.63, 3.8) is 0 Å². The molecule has 1 aliphatic heterocycles. The highest BCUT2D eigenvalue weighted by atomic mass is 16.3. The number of hydrogen-bond donors (Lipinski definition) is 2. The summed E-state index contributed by atoms with van der Waals surface area (Å²) in [5.74, 6) is 0.719. The monoisotopic (exact) mass is 385 g/mol. The van der Waals surface area contributed by atoms with Crippen LogP contribution in [0.3, 0.4) is 0 Å². The maximum absolute atomic E-state index is 10.5. The van der Waals surface area contributed by atoms with E-state index in [4.69, 9.17) is 9.97 Å². The summed E-state index contributed by atoms with van der Waals surface area (Å²) in [6.45, 7) is 1.08. The smallest absolute Gasteiger partial charge is 0.127 e. The van der Waals surface area contributed by atoms with Crippen LogP contribution in [-0.2, 0) is 7.05 Å². The van der Waals surface area contributed by atoms with Crippen molar-refractivity contribution >= 4 is 21.9 Å². The standard InChI is InChI=1S/C23H23N5O/c1-28-13-15-10-16(22(29)11-21(15)27-28)18-3-5-19-20(26-18)4-2-17(25-19)14-6-9-24-23(12-14)7-8-23/h2-5,10-11,13-14,24,29H,6-9,12H2,1H3. The Kier molecular flexibility index (Phi) is 3.50. The van der Waals surface area contributed by atoms with Crippen LogP contribution in [0.2, 0.25) is 0 Å². The number of rotatable bonds is 2. The van der Waals surface area contributed by atoms with Gasteiger partial charge in [-0.15, -0.1) is 0 Å². The third-order valence-corrected chi connectivity index (χ3v) is 6.48. The van der Waals surface area contributed by atoms with Gasteiger partial charge in [0.15, 0.2) is 0 Å². The molecule has 0 amide bonds. The molecule has 0 radical (unpaired) electrons. The maximum atomic E-state index is 10.5. The number of piperidine rings is 1. The molecule has 2 aliphatic rings. The van der Waals surface area contributed by atoms with Gasteiger partial charge in [-0.1, -0.05) is 0 Å². The first kappa shape index (κ1) is 16.9. The average molecular weight is 385 g/mol. The number of benzene rings is 1. The van der Waals surface area contributed by atoms with E-state index in [-0.39, 0.29) is 5.75 Å². The summed E-state index contributed by atoms with van der Waals surface area (Å²) in [7, 11) is 1.88. The summed E-state index contributed by atoms with van der Waals surface area (Å²) in [5.41, 5.74) is 5.57. The summed E-state index contributed by atoms with van der Waals surface area (Å²) >= 11 is 0. The molecule has 2 fully saturated rings. The largest absolute Gasteiger partial charge is 0.507 e. The summed E-state index contributed by atoms with van der Waals surface area (Å²) < 4.78 is 1.75. The van der Waals surface area contributed by atoms with Crippen molar-refractivity contribution in [2.75, 3.05) is 6.54 Å². The van der Waals surface area contributed by atoms with E-state index in [1.807, 2.05) is 31.4 Å². The highest BCUT2D eigenvalue weighted by Crippen LogP contribution is 2.46. The molecule has 3 aromatic heterocycles. The molecule has 1 atom stereocenters. The molecule has 146 valence electrons. The average Bonchev–Trinajstić information content (AvgIpc) is 3.36. The molecule has 0 bridgehead atoms. The number of aromatic nitrogens is 4. The molecule has 1 saturated heterocycles. The molecule has 6 nitrogen and oxygen atoms in total. The number of phenolic OH excluding ortho intramolecular Hbond substituents is 1. The van der Waals surface area contributed by atoms with E-state index in [9.17, 15) is 5.11 Å². The van der Waals surface area contributed by atoms with Crippen LogP contribution in [0.15, 0.2) is 42.6 Å². The quantitative estimate of drug-likeness (QED) is 0.547. The minimum Gasteiger partial charge on any atom is -0.507 e. The van der Waals surface area contributed by atoms with Gasteiger partial charge in [0.1, 0.15) is 5.75 Å². The molecular formula is C23H23N5O. The zero-order valence-electron chi connectivity index (χ0n) is 16.4. The van der Waals surface area contributed by atoms with Gasteiger partial charge in [0, 0.05) is 47.4 Å². The SMILES string of the molecule is Cn1cc2cc(-c3ccc4nc(C5CCNC6(CC6)C5)ccc4n3)c(O)cc2n1. The minimum absolute atomic E-state index is 0.192. The second-order valence-corrected chi connectivity index (χ2v) is 8.60. The van der Waals surface area contributed by atoms with Crippen LogP contribution < -0.4 is 5.32 Å². The van der Waals surface area contributed by atoms with Gasteiger partial charge in [-0.05, 0) is 62.6 Å². The lowest BCUT2D eigenvalue weighted by atomic mass is 9.88. The molecule has 1 saturated carbocycles. The van der Waals surface area contributed by atoms with Gasteiger partial charge in [-0.3, -0.25) is 9.67 Å². The van der Waals surface area contributed by atoms with Crippen LogP contribution >= 0.6 is 0 Å². The van der Waals surface area contributed by atoms with Crippen LogP contribution in [0.4, 0.5) is 0 Å². The minimum atomic E-state index is 0.192. The van der Waals surface area contributed by atoms with E-state index in [2.05, 4.69) is 22.5 Å². The first-order valence-electron chi connectivity index (χ1n) is 10.3. The lowest BCUT2D eigenvalue weighted by molar-refractivity contribution is 0.342. The molecule has 1 aromatic carbocycles. The van der Waals surface area contributed by atoms with Crippen molar-refractivity contribution in [2.24, 2.45) is 7.05 Å². The number of nitrogens with one attached hydrogen (secondary N) is 1. The Morgan fingerprint density at radius 1 is 1.07 bits per heavy atom. The molecule has 2 N–H and O–H groups in total. The Labute approximate surface area is 168 Å². The number of aryl methyl sites for hydroxylation is 1. The predicted molar refractivity (Wildman–Crippen MR) is 113 cm³/mol. The van der Waals surface area contributed by atoms with Crippen molar-refractivity contribution in [3.8, 4) is 17.0 Å². The number of nitrogens with zero attached hydrogens (tertiary/aromatic N) is 4. The third-order valence-electron chi connectivity index (χ3n) is 6.48. The van der Waals surface area contributed by atoms with Crippen LogP contribution in [0.25, 0.3) is 33.2 Å². The van der Waals surface area contributed by atoms with E-state index < -0.39 is 0 Å². The summed E-state index contributed by atoms with van der Waals surface area (Å²) in [6, 6.07) is 11.8. The summed E-state index contributed by atoms with van der Waals surface area (Å²) in [5, 5.41) is 19.5. The Balaban J connectivity index is 1.37. The van der Waals surface area contributed by atoms with Crippen LogP contribution in [0.1, 0.15) is 37.3 Å². The third kappa shape index (κ3) is 2.86. The van der Waals surface area contributed by atoms with Crippen LogP contribution in [0.5, 0.6) is 5.75 Å². The van der Waals surface area contributed by atoms with Crippen LogP contribution in [0, 0.1) is 0 Å². The van der Waals surface area contributed by atoms with Gasteiger partial charge < -0.3 is 10.4 Å². The number of phenols is 1. The van der Waals surface area contributed by atoms with Crippen LogP contribution in [-0.4, -0.2) is 36.9 Å². The predicted octanol–water partition coefficient (Wildman–Crippen LogP) is 3.89. The number of fused-ring (bicyclic) bond motifs is 2. The highest BCUT2D eigenvalue weighted by Gasteiger charge is 2.46. The Morgan fingerprint density at radius 3 is 2.76 bits per heavy atom. The van der Waals surface area contributed by atoms with Crippen molar-refractivity contribution in [1.29, 1.82) is 0 Å². The topological polar surface area (TPSA) is 75.9 Å². The summed E-state index contributed by atoms with van der Waals surface area (Å²) in [6.07, 6.45) is 6.87. The molecule has 6 rings (SSSR count). The maximum Gasteiger partial charge on any atom is 0.127 e. The zero-order valence-corrected chi connectivity index (χ0v) is 16.4. The van der Waals surface area contributed by atoms with Gasteiger partial charge >= 0.3 is 0 Å². The fourth-order valence-electron chi connectivity index (χ4n) is 4.73. The van der Waals surface area contributed by atoms with E-state index >= 15 is 0 Å². The highest BCUT2D eigenvalue weighted by molar-refractivity contribution is 5.88. The first-order chi connectivity index (χ1) is 14.1. The first-order valence-corrected chi connectivity index (χ1v) is 10.3. The van der Waals surface area contributed by atoms with Gasteiger partial charge in [-0.25, -0.2) is 4.98 Å². The number of hydrogen-bond acceptors (Lipinski definition) is 5. The molecule has 1 aliphatic carbocycles. The molecule has 4 aromatic rings. The molecular weight excluding hydrogens is 362 g/mol. The van der Waals surface area contributed by atoms with Crippen molar-refractivity contribution in [3.05, 3.63) is 48.3 Å². The van der Waals surface area contributed by atoms with Gasteiger partial charge in [0.25, 0.3) is 0 Å². The van der Waals surface area contributed by atoms with E-state index in [0.29, 0.717) is 17.0 Å². The van der Waals surface area contributed by atoms with E-state index in [0.717, 1.165) is 40.6 Å². The van der Waals surface area contributed by atoms with Crippen molar-refractivity contribution in [2.45, 2.75) is 37.1 Å². The normalized spacial score (nSPS) is 20.5. The molecule has 6 heteroatoms. The lowest BCUT2D eigenvalue weighted by Gasteiger charge is -2.30. The zero-order chi connectivity index (χ0) is 19.6. The number of pyridine rings is 2. The molecule has 4 heterocycles. The Hall–Kier alpha value is -2.99. The molecule has 1 unspecified atom stereocenters.